The summed E-state index contributed by atoms with van der Waals surface area (Å²) in [5.41, 5.74) is 1.34. The van der Waals surface area contributed by atoms with Crippen molar-refractivity contribution < 1.29 is 28.5 Å². The summed E-state index contributed by atoms with van der Waals surface area (Å²) >= 11 is 0. The van der Waals surface area contributed by atoms with Gasteiger partial charge in [0.15, 0.2) is 0 Å². The molecule has 0 radical (unpaired) electrons. The Bertz CT molecular complexity index is 409. The third kappa shape index (κ3) is 2.81. The molecule has 0 unspecified atom stereocenters. The van der Waals surface area contributed by atoms with Crippen molar-refractivity contribution in [2.45, 2.75) is 13.0 Å². The first kappa shape index (κ1) is 12.2. The third-order valence-electron chi connectivity index (χ3n) is 2.52. The molecule has 0 bridgehead atoms. The summed E-state index contributed by atoms with van der Waals surface area (Å²) in [6, 6.07) is 10.9. The van der Waals surface area contributed by atoms with E-state index in [1.54, 1.807) is 0 Å². The van der Waals surface area contributed by atoms with E-state index in [-0.39, 0.29) is 24.0 Å². The van der Waals surface area contributed by atoms with Crippen LogP contribution in [-0.4, -0.2) is 4.57 Å². The Hall–Kier alpha value is -0.840. The lowest BCUT2D eigenvalue weighted by Gasteiger charge is -2.07. The Kier molecular flexibility index (Phi) is 4.32. The van der Waals surface area contributed by atoms with E-state index in [4.69, 9.17) is 0 Å². The van der Waals surface area contributed by atoms with Crippen molar-refractivity contribution in [1.82, 2.24) is 4.57 Å². The molecule has 0 aliphatic heterocycles. The molecule has 0 aliphatic carbocycles. The summed E-state index contributed by atoms with van der Waals surface area (Å²) in [5.74, 6) is 0. The molecular formula is C12H15IN2. The van der Waals surface area contributed by atoms with Crippen molar-refractivity contribution in [3.63, 3.8) is 0 Å². The number of hydrogen-bond donors (Lipinski definition) is 0. The maximum atomic E-state index is 2.20. The molecule has 2 rings (SSSR count). The number of aromatic nitrogens is 2. The molecule has 1 aromatic carbocycles. The lowest BCUT2D eigenvalue weighted by molar-refractivity contribution is -0.671. The van der Waals surface area contributed by atoms with Gasteiger partial charge in [-0.25, -0.2) is 9.13 Å². The summed E-state index contributed by atoms with van der Waals surface area (Å²) < 4.78 is 4.26. The van der Waals surface area contributed by atoms with Crippen LogP contribution in [0.3, 0.4) is 0 Å². The van der Waals surface area contributed by atoms with E-state index < -0.39 is 0 Å². The quantitative estimate of drug-likeness (QED) is 0.493. The van der Waals surface area contributed by atoms with Crippen LogP contribution in [0.4, 0.5) is 0 Å². The Labute approximate surface area is 108 Å². The maximum Gasteiger partial charge on any atom is 0.244 e. The van der Waals surface area contributed by atoms with Gasteiger partial charge in [-0.15, -0.1) is 0 Å². The lowest BCUT2D eigenvalue weighted by Crippen LogP contribution is -3.00. The van der Waals surface area contributed by atoms with Gasteiger partial charge in [0.05, 0.1) is 7.05 Å². The second-order valence-electron chi connectivity index (χ2n) is 3.61. The highest BCUT2D eigenvalue weighted by Crippen LogP contribution is 2.15. The van der Waals surface area contributed by atoms with Gasteiger partial charge in [-0.3, -0.25) is 0 Å². The molecule has 2 aromatic rings. The minimum atomic E-state index is 0. The van der Waals surface area contributed by atoms with Gasteiger partial charge in [0.1, 0.15) is 18.4 Å². The molecule has 15 heavy (non-hydrogen) atoms. The van der Waals surface area contributed by atoms with Crippen LogP contribution < -0.4 is 28.5 Å². The molecule has 0 N–H and O–H groups in total. The van der Waals surface area contributed by atoms with E-state index in [1.165, 1.54) is 5.56 Å². The number of hydrogen-bond acceptors (Lipinski definition) is 0. The summed E-state index contributed by atoms with van der Waals surface area (Å²) in [5, 5.41) is 0. The van der Waals surface area contributed by atoms with Crippen molar-refractivity contribution in [2.24, 2.45) is 7.05 Å². The molecule has 1 heterocycles. The molecule has 3 heteroatoms. The molecular weight excluding hydrogens is 299 g/mol. The van der Waals surface area contributed by atoms with Crippen LogP contribution >= 0.6 is 0 Å². The normalized spacial score (nSPS) is 11.9. The van der Waals surface area contributed by atoms with Gasteiger partial charge >= 0.3 is 0 Å². The molecule has 0 aliphatic rings. The highest BCUT2D eigenvalue weighted by atomic mass is 127. The van der Waals surface area contributed by atoms with Crippen molar-refractivity contribution in [3.8, 4) is 0 Å². The predicted octanol–water partition coefficient (Wildman–Crippen LogP) is -1.07. The summed E-state index contributed by atoms with van der Waals surface area (Å²) in [4.78, 5) is 0. The lowest BCUT2D eigenvalue weighted by atomic mass is 10.1. The highest BCUT2D eigenvalue weighted by Gasteiger charge is 2.11. The SMILES string of the molecule is C[C@@H](c1ccccc1)n1cc[n+](C)c1.[I-]. The summed E-state index contributed by atoms with van der Waals surface area (Å²) in [7, 11) is 2.04. The molecule has 1 aromatic heterocycles. The number of nitrogens with zero attached hydrogens (tertiary/aromatic N) is 2. The first-order valence-electron chi connectivity index (χ1n) is 4.85. The Balaban J connectivity index is 0.00000112. The van der Waals surface area contributed by atoms with E-state index in [1.807, 2.05) is 13.1 Å². The van der Waals surface area contributed by atoms with E-state index >= 15 is 0 Å². The average Bonchev–Trinajstić information content (AvgIpc) is 2.65. The van der Waals surface area contributed by atoms with Gasteiger partial charge in [-0.05, 0) is 12.5 Å². The summed E-state index contributed by atoms with van der Waals surface area (Å²) in [6.07, 6.45) is 6.24. The van der Waals surface area contributed by atoms with Gasteiger partial charge in [-0.1, -0.05) is 30.3 Å². The first-order valence-corrected chi connectivity index (χ1v) is 4.85. The number of rotatable bonds is 2. The Morgan fingerprint density at radius 1 is 1.20 bits per heavy atom. The van der Waals surface area contributed by atoms with E-state index in [9.17, 15) is 0 Å². The number of aryl methyl sites for hydroxylation is 1. The van der Waals surface area contributed by atoms with Crippen LogP contribution in [0, 0.1) is 0 Å². The zero-order chi connectivity index (χ0) is 9.97. The molecule has 80 valence electrons. The largest absolute Gasteiger partial charge is 1.00 e. The van der Waals surface area contributed by atoms with Gasteiger partial charge in [0, 0.05) is 0 Å². The molecule has 0 spiro atoms. The average molecular weight is 314 g/mol. The van der Waals surface area contributed by atoms with Gasteiger partial charge in [-0.2, -0.15) is 0 Å². The van der Waals surface area contributed by atoms with Crippen LogP contribution in [0.2, 0.25) is 0 Å². The van der Waals surface area contributed by atoms with Crippen LogP contribution in [0.1, 0.15) is 18.5 Å². The number of halogens is 1. The maximum absolute atomic E-state index is 2.20. The Morgan fingerprint density at radius 3 is 2.40 bits per heavy atom. The smallest absolute Gasteiger partial charge is 0.244 e. The minimum Gasteiger partial charge on any atom is -1.00 e. The molecule has 0 saturated carbocycles. The molecule has 2 nitrogen and oxygen atoms in total. The van der Waals surface area contributed by atoms with Crippen LogP contribution in [0.25, 0.3) is 0 Å². The van der Waals surface area contributed by atoms with Crippen LogP contribution in [-0.2, 0) is 7.05 Å². The van der Waals surface area contributed by atoms with Crippen molar-refractivity contribution >= 4 is 0 Å². The third-order valence-corrected chi connectivity index (χ3v) is 2.52. The fourth-order valence-electron chi connectivity index (χ4n) is 1.60. The Morgan fingerprint density at radius 2 is 1.87 bits per heavy atom. The van der Waals surface area contributed by atoms with Gasteiger partial charge < -0.3 is 24.0 Å². The molecule has 1 atom stereocenters. The second-order valence-corrected chi connectivity index (χ2v) is 3.61. The second kappa shape index (κ2) is 5.30. The van der Waals surface area contributed by atoms with Crippen molar-refractivity contribution in [1.29, 1.82) is 0 Å². The van der Waals surface area contributed by atoms with Gasteiger partial charge in [0.2, 0.25) is 6.33 Å². The first-order chi connectivity index (χ1) is 6.77. The molecule has 0 fully saturated rings. The van der Waals surface area contributed by atoms with E-state index in [2.05, 4.69) is 59.0 Å². The van der Waals surface area contributed by atoms with Crippen molar-refractivity contribution in [3.05, 3.63) is 54.6 Å². The number of imidazole rings is 1. The van der Waals surface area contributed by atoms with E-state index in [0.717, 1.165) is 0 Å². The molecule has 0 amide bonds. The standard InChI is InChI=1S/C12H15N2.HI/c1-11(12-6-4-3-5-7-12)14-9-8-13(2)10-14;/h3-11H,1-2H3;1H/q+1;/p-1/t11-;/m0./s1. The van der Waals surface area contributed by atoms with E-state index in [0.29, 0.717) is 6.04 Å². The zero-order valence-corrected chi connectivity index (χ0v) is 11.1. The topological polar surface area (TPSA) is 8.81 Å². The fourth-order valence-corrected chi connectivity index (χ4v) is 1.60. The predicted molar refractivity (Wildman–Crippen MR) is 55.9 cm³/mol. The fraction of sp³-hybridized carbons (Fsp3) is 0.250. The minimum absolute atomic E-state index is 0. The van der Waals surface area contributed by atoms with Crippen LogP contribution in [0.15, 0.2) is 49.1 Å². The monoisotopic (exact) mass is 314 g/mol. The zero-order valence-electron chi connectivity index (χ0n) is 8.97. The highest BCUT2D eigenvalue weighted by molar-refractivity contribution is 5.18. The number of benzene rings is 1. The molecule has 0 saturated heterocycles. The van der Waals surface area contributed by atoms with Crippen molar-refractivity contribution in [2.75, 3.05) is 0 Å². The van der Waals surface area contributed by atoms with Crippen LogP contribution in [0.5, 0.6) is 0 Å². The summed E-state index contributed by atoms with van der Waals surface area (Å²) in [6.45, 7) is 2.20. The van der Waals surface area contributed by atoms with Gasteiger partial charge in [0.25, 0.3) is 0 Å².